The van der Waals surface area contributed by atoms with Gasteiger partial charge in [-0.25, -0.2) is 0 Å². The van der Waals surface area contributed by atoms with Crippen LogP contribution in [0.1, 0.15) is 59.3 Å². The summed E-state index contributed by atoms with van der Waals surface area (Å²) >= 11 is 0. The van der Waals surface area contributed by atoms with Crippen molar-refractivity contribution in [2.45, 2.75) is 64.9 Å². The highest BCUT2D eigenvalue weighted by atomic mass is 16.4. The van der Waals surface area contributed by atoms with E-state index in [9.17, 15) is 14.7 Å². The first-order chi connectivity index (χ1) is 9.12. The second kappa shape index (κ2) is 6.57. The van der Waals surface area contributed by atoms with Crippen molar-refractivity contribution < 1.29 is 19.8 Å². The molecule has 1 amide bonds. The number of aliphatic carboxylic acids is 1. The van der Waals surface area contributed by atoms with Crippen molar-refractivity contribution in [1.29, 1.82) is 0 Å². The Hall–Kier alpha value is -1.10. The number of carbonyl (C=O) groups is 2. The lowest BCUT2D eigenvalue weighted by Crippen LogP contribution is -2.45. The fraction of sp³-hybridized carbons (Fsp3) is 0.867. The van der Waals surface area contributed by atoms with Crippen LogP contribution < -0.4 is 5.32 Å². The first-order valence-corrected chi connectivity index (χ1v) is 7.33. The zero-order valence-electron chi connectivity index (χ0n) is 12.7. The van der Waals surface area contributed by atoms with Crippen molar-refractivity contribution in [3.05, 3.63) is 0 Å². The van der Waals surface area contributed by atoms with Gasteiger partial charge in [0.25, 0.3) is 0 Å². The summed E-state index contributed by atoms with van der Waals surface area (Å²) in [6.07, 6.45) is 3.52. The molecule has 5 nitrogen and oxygen atoms in total. The number of carboxylic acid groups (broad SMARTS) is 1. The van der Waals surface area contributed by atoms with Gasteiger partial charge in [0.2, 0.25) is 5.91 Å². The van der Waals surface area contributed by atoms with Gasteiger partial charge in [-0.2, -0.15) is 0 Å². The summed E-state index contributed by atoms with van der Waals surface area (Å²) in [6.45, 7) is 5.96. The molecular weight excluding hydrogens is 258 g/mol. The molecule has 116 valence electrons. The van der Waals surface area contributed by atoms with Crippen LogP contribution in [0.5, 0.6) is 0 Å². The topological polar surface area (TPSA) is 86.6 Å². The van der Waals surface area contributed by atoms with Gasteiger partial charge in [-0.05, 0) is 37.0 Å². The summed E-state index contributed by atoms with van der Waals surface area (Å²) in [7, 11) is 0. The van der Waals surface area contributed by atoms with E-state index < -0.39 is 17.0 Å². The highest BCUT2D eigenvalue weighted by Crippen LogP contribution is 2.31. The normalized spacial score (nSPS) is 27.1. The monoisotopic (exact) mass is 285 g/mol. The Morgan fingerprint density at radius 2 is 1.80 bits per heavy atom. The molecule has 0 heterocycles. The summed E-state index contributed by atoms with van der Waals surface area (Å²) in [4.78, 5) is 22.6. The molecule has 0 radical (unpaired) electrons. The molecule has 1 aliphatic carbocycles. The fourth-order valence-corrected chi connectivity index (χ4v) is 2.71. The molecule has 0 saturated heterocycles. The van der Waals surface area contributed by atoms with Crippen molar-refractivity contribution in [3.8, 4) is 0 Å². The van der Waals surface area contributed by atoms with Gasteiger partial charge in [0, 0.05) is 13.0 Å². The molecule has 0 aliphatic heterocycles. The lowest BCUT2D eigenvalue weighted by atomic mass is 9.79. The predicted octanol–water partition coefficient (Wildman–Crippen LogP) is 1.93. The van der Waals surface area contributed by atoms with Gasteiger partial charge in [0.1, 0.15) is 0 Å². The Morgan fingerprint density at radius 3 is 2.30 bits per heavy atom. The van der Waals surface area contributed by atoms with Crippen LogP contribution in [-0.4, -0.2) is 34.2 Å². The summed E-state index contributed by atoms with van der Waals surface area (Å²) in [5, 5.41) is 21.9. The third-order valence-corrected chi connectivity index (χ3v) is 4.09. The Kier molecular flexibility index (Phi) is 5.57. The molecule has 1 saturated carbocycles. The summed E-state index contributed by atoms with van der Waals surface area (Å²) in [6, 6.07) is 0. The molecule has 0 aromatic rings. The Bertz CT molecular complexity index is 357. The third kappa shape index (κ3) is 5.90. The minimum Gasteiger partial charge on any atom is -0.481 e. The van der Waals surface area contributed by atoms with E-state index in [1.165, 1.54) is 0 Å². The van der Waals surface area contributed by atoms with Gasteiger partial charge < -0.3 is 15.5 Å². The maximum atomic E-state index is 11.9. The first-order valence-electron chi connectivity index (χ1n) is 7.33. The van der Waals surface area contributed by atoms with Gasteiger partial charge in [0.05, 0.1) is 12.0 Å². The van der Waals surface area contributed by atoms with Crippen LogP contribution in [-0.2, 0) is 9.59 Å². The molecule has 5 heteroatoms. The second-order valence-corrected chi connectivity index (χ2v) is 7.10. The van der Waals surface area contributed by atoms with Crippen molar-refractivity contribution >= 4 is 11.9 Å². The SMILES string of the molecule is CC1CCC(O)(CNC(=O)CC(C)(C)CC(=O)O)CC1. The van der Waals surface area contributed by atoms with E-state index >= 15 is 0 Å². The van der Waals surface area contributed by atoms with Crippen molar-refractivity contribution in [3.63, 3.8) is 0 Å². The van der Waals surface area contributed by atoms with Crippen molar-refractivity contribution in [2.24, 2.45) is 11.3 Å². The number of aliphatic hydroxyl groups is 1. The van der Waals surface area contributed by atoms with E-state index in [2.05, 4.69) is 12.2 Å². The first kappa shape index (κ1) is 17.0. The maximum absolute atomic E-state index is 11.9. The minimum absolute atomic E-state index is 0.0395. The van der Waals surface area contributed by atoms with Crippen LogP contribution in [0.25, 0.3) is 0 Å². The highest BCUT2D eigenvalue weighted by Gasteiger charge is 2.33. The van der Waals surface area contributed by atoms with Crippen LogP contribution >= 0.6 is 0 Å². The largest absolute Gasteiger partial charge is 0.481 e. The van der Waals surface area contributed by atoms with Crippen LogP contribution in [0.15, 0.2) is 0 Å². The van der Waals surface area contributed by atoms with Gasteiger partial charge in [0.15, 0.2) is 0 Å². The van der Waals surface area contributed by atoms with Gasteiger partial charge >= 0.3 is 5.97 Å². The Balaban J connectivity index is 2.38. The quantitative estimate of drug-likeness (QED) is 0.696. The van der Waals surface area contributed by atoms with E-state index in [4.69, 9.17) is 5.11 Å². The number of amides is 1. The molecule has 0 atom stereocenters. The minimum atomic E-state index is -0.900. The Labute approximate surface area is 120 Å². The van der Waals surface area contributed by atoms with Crippen LogP contribution in [0.2, 0.25) is 0 Å². The van der Waals surface area contributed by atoms with E-state index in [-0.39, 0.29) is 25.3 Å². The number of carboxylic acids is 1. The lowest BCUT2D eigenvalue weighted by molar-refractivity contribution is -0.139. The van der Waals surface area contributed by atoms with Gasteiger partial charge in [-0.1, -0.05) is 20.8 Å². The van der Waals surface area contributed by atoms with Crippen LogP contribution in [0.3, 0.4) is 0 Å². The summed E-state index contributed by atoms with van der Waals surface area (Å²) in [5.41, 5.74) is -1.36. The predicted molar refractivity (Wildman–Crippen MR) is 76.2 cm³/mol. The zero-order valence-corrected chi connectivity index (χ0v) is 12.7. The smallest absolute Gasteiger partial charge is 0.303 e. The molecule has 0 bridgehead atoms. The number of carbonyl (C=O) groups excluding carboxylic acids is 1. The molecular formula is C15H27NO4. The van der Waals surface area contributed by atoms with Crippen LogP contribution in [0.4, 0.5) is 0 Å². The second-order valence-electron chi connectivity index (χ2n) is 7.10. The molecule has 1 rings (SSSR count). The maximum Gasteiger partial charge on any atom is 0.303 e. The number of nitrogens with one attached hydrogen (secondary N) is 1. The number of rotatable bonds is 6. The third-order valence-electron chi connectivity index (χ3n) is 4.09. The van der Waals surface area contributed by atoms with Crippen LogP contribution in [0, 0.1) is 11.3 Å². The highest BCUT2D eigenvalue weighted by molar-refractivity contribution is 5.78. The molecule has 0 unspecified atom stereocenters. The van der Waals surface area contributed by atoms with E-state index in [1.54, 1.807) is 13.8 Å². The average molecular weight is 285 g/mol. The number of hydrogen-bond acceptors (Lipinski definition) is 3. The lowest BCUT2D eigenvalue weighted by Gasteiger charge is -2.35. The van der Waals surface area contributed by atoms with Crippen molar-refractivity contribution in [1.82, 2.24) is 5.32 Å². The zero-order chi connectivity index (χ0) is 15.4. The van der Waals surface area contributed by atoms with E-state index in [1.807, 2.05) is 0 Å². The van der Waals surface area contributed by atoms with Gasteiger partial charge in [-0.3, -0.25) is 9.59 Å². The average Bonchev–Trinajstić information content (AvgIpc) is 2.29. The van der Waals surface area contributed by atoms with Crippen molar-refractivity contribution in [2.75, 3.05) is 6.54 Å². The van der Waals surface area contributed by atoms with E-state index in [0.29, 0.717) is 18.8 Å². The molecule has 20 heavy (non-hydrogen) atoms. The summed E-state index contributed by atoms with van der Waals surface area (Å²) in [5.74, 6) is -0.452. The standard InChI is InChI=1S/C15H27NO4/c1-11-4-6-15(20,7-5-11)10-16-12(17)8-14(2,3)9-13(18)19/h11,20H,4-10H2,1-3H3,(H,16,17)(H,18,19). The molecule has 0 aromatic carbocycles. The molecule has 1 fully saturated rings. The molecule has 0 aromatic heterocycles. The fourth-order valence-electron chi connectivity index (χ4n) is 2.71. The Morgan fingerprint density at radius 1 is 1.25 bits per heavy atom. The molecule has 3 N–H and O–H groups in total. The van der Waals surface area contributed by atoms with Gasteiger partial charge in [-0.15, -0.1) is 0 Å². The summed E-state index contributed by atoms with van der Waals surface area (Å²) < 4.78 is 0. The van der Waals surface area contributed by atoms with E-state index in [0.717, 1.165) is 12.8 Å². The molecule has 1 aliphatic rings. The molecule has 0 spiro atoms. The number of hydrogen-bond donors (Lipinski definition) is 3.